The van der Waals surface area contributed by atoms with E-state index in [1.807, 2.05) is 24.3 Å². The number of halogens is 1. The number of carbonyl (C=O) groups excluding carboxylic acids is 2. The third-order valence-corrected chi connectivity index (χ3v) is 5.32. The highest BCUT2D eigenvalue weighted by Crippen LogP contribution is 2.20. The zero-order valence-electron chi connectivity index (χ0n) is 13.6. The summed E-state index contributed by atoms with van der Waals surface area (Å²) in [4.78, 5) is 25.4. The van der Waals surface area contributed by atoms with Gasteiger partial charge in [0.05, 0.1) is 6.54 Å². The van der Waals surface area contributed by atoms with Gasteiger partial charge in [-0.05, 0) is 25.0 Å². The number of amides is 1. The Morgan fingerprint density at radius 3 is 2.80 bits per heavy atom. The molecule has 0 saturated carbocycles. The third-order valence-electron chi connectivity index (χ3n) is 3.89. The Kier molecular flexibility index (Phi) is 6.25. The third kappa shape index (κ3) is 5.15. The predicted molar refractivity (Wildman–Crippen MR) is 97.4 cm³/mol. The van der Waals surface area contributed by atoms with Gasteiger partial charge in [0.25, 0.3) is 5.22 Å². The van der Waals surface area contributed by atoms with E-state index < -0.39 is 0 Å². The largest absolute Gasteiger partial charge is 0.414 e. The van der Waals surface area contributed by atoms with E-state index in [-0.39, 0.29) is 11.7 Å². The van der Waals surface area contributed by atoms with Gasteiger partial charge in [-0.25, -0.2) is 0 Å². The highest BCUT2D eigenvalue weighted by Gasteiger charge is 2.22. The van der Waals surface area contributed by atoms with Crippen LogP contribution in [0.4, 0.5) is 0 Å². The average molecular weight is 424 g/mol. The first-order valence-electron chi connectivity index (χ1n) is 8.13. The SMILES string of the molecule is O=C(CCCSc1nnc(CN2CCCC2=O)o1)c1ccc(Br)cc1. The van der Waals surface area contributed by atoms with Crippen LogP contribution >= 0.6 is 27.7 Å². The second-order valence-corrected chi connectivity index (χ2v) is 7.72. The van der Waals surface area contributed by atoms with Crippen molar-refractivity contribution in [2.45, 2.75) is 37.5 Å². The molecule has 2 aromatic rings. The van der Waals surface area contributed by atoms with Crippen molar-refractivity contribution in [2.75, 3.05) is 12.3 Å². The number of nitrogens with zero attached hydrogens (tertiary/aromatic N) is 3. The number of carbonyl (C=O) groups is 2. The summed E-state index contributed by atoms with van der Waals surface area (Å²) in [5.41, 5.74) is 0.726. The summed E-state index contributed by atoms with van der Waals surface area (Å²) in [6, 6.07) is 7.38. The van der Waals surface area contributed by atoms with Crippen LogP contribution < -0.4 is 0 Å². The summed E-state index contributed by atoms with van der Waals surface area (Å²) < 4.78 is 6.52. The van der Waals surface area contributed by atoms with Gasteiger partial charge in [-0.2, -0.15) is 0 Å². The molecule has 0 unspecified atom stereocenters. The molecule has 8 heteroatoms. The van der Waals surface area contributed by atoms with Crippen molar-refractivity contribution >= 4 is 39.4 Å². The summed E-state index contributed by atoms with van der Waals surface area (Å²) >= 11 is 4.79. The number of thioether (sulfide) groups is 1. The molecule has 132 valence electrons. The Balaban J connectivity index is 1.39. The molecule has 1 amide bonds. The summed E-state index contributed by atoms with van der Waals surface area (Å²) in [7, 11) is 0. The zero-order valence-corrected chi connectivity index (χ0v) is 16.0. The fourth-order valence-electron chi connectivity index (χ4n) is 2.57. The molecule has 6 nitrogen and oxygen atoms in total. The Labute approximate surface area is 158 Å². The molecule has 0 N–H and O–H groups in total. The molecular formula is C17H18BrN3O3S. The van der Waals surface area contributed by atoms with Gasteiger partial charge in [-0.3, -0.25) is 9.59 Å². The fraction of sp³-hybridized carbons (Fsp3) is 0.412. The van der Waals surface area contributed by atoms with Gasteiger partial charge in [0.15, 0.2) is 5.78 Å². The van der Waals surface area contributed by atoms with Crippen LogP contribution in [0.2, 0.25) is 0 Å². The highest BCUT2D eigenvalue weighted by atomic mass is 79.9. The number of benzene rings is 1. The van der Waals surface area contributed by atoms with Gasteiger partial charge in [-0.1, -0.05) is 39.8 Å². The minimum atomic E-state index is 0.131. The van der Waals surface area contributed by atoms with E-state index >= 15 is 0 Å². The Hall–Kier alpha value is -1.67. The Bertz CT molecular complexity index is 748. The normalized spacial score (nSPS) is 14.3. The van der Waals surface area contributed by atoms with Crippen LogP contribution in [-0.2, 0) is 11.3 Å². The van der Waals surface area contributed by atoms with Gasteiger partial charge in [0.2, 0.25) is 11.8 Å². The molecule has 0 radical (unpaired) electrons. The lowest BCUT2D eigenvalue weighted by Crippen LogP contribution is -2.23. The van der Waals surface area contributed by atoms with Crippen LogP contribution in [0.5, 0.6) is 0 Å². The molecule has 0 aliphatic carbocycles. The summed E-state index contributed by atoms with van der Waals surface area (Å²) in [5.74, 6) is 1.46. The van der Waals surface area contributed by atoms with Crippen molar-refractivity contribution in [3.8, 4) is 0 Å². The molecule has 25 heavy (non-hydrogen) atoms. The van der Waals surface area contributed by atoms with E-state index in [1.54, 1.807) is 4.90 Å². The minimum Gasteiger partial charge on any atom is -0.414 e. The lowest BCUT2D eigenvalue weighted by molar-refractivity contribution is -0.128. The Morgan fingerprint density at radius 2 is 2.08 bits per heavy atom. The van der Waals surface area contributed by atoms with E-state index in [9.17, 15) is 9.59 Å². The van der Waals surface area contributed by atoms with Gasteiger partial charge in [-0.15, -0.1) is 10.2 Å². The van der Waals surface area contributed by atoms with E-state index in [2.05, 4.69) is 26.1 Å². The summed E-state index contributed by atoms with van der Waals surface area (Å²) in [6.45, 7) is 1.14. The van der Waals surface area contributed by atoms with E-state index in [4.69, 9.17) is 4.42 Å². The quantitative estimate of drug-likeness (QED) is 0.365. The lowest BCUT2D eigenvalue weighted by Gasteiger charge is -2.11. The average Bonchev–Trinajstić information content (AvgIpc) is 3.22. The molecule has 0 bridgehead atoms. The molecular weight excluding hydrogens is 406 g/mol. The maximum absolute atomic E-state index is 12.1. The molecule has 1 aromatic carbocycles. The van der Waals surface area contributed by atoms with Crippen molar-refractivity contribution in [1.29, 1.82) is 0 Å². The fourth-order valence-corrected chi connectivity index (χ4v) is 3.55. The number of Topliss-reactive ketones (excluding diaryl/α,β-unsaturated/α-hetero) is 1. The lowest BCUT2D eigenvalue weighted by atomic mass is 10.1. The van der Waals surface area contributed by atoms with Gasteiger partial charge >= 0.3 is 0 Å². The summed E-state index contributed by atoms with van der Waals surface area (Å²) in [6.07, 6.45) is 2.71. The maximum atomic E-state index is 12.1. The van der Waals surface area contributed by atoms with Crippen LogP contribution in [-0.4, -0.2) is 39.1 Å². The summed E-state index contributed by atoms with van der Waals surface area (Å²) in [5, 5.41) is 8.45. The maximum Gasteiger partial charge on any atom is 0.276 e. The van der Waals surface area contributed by atoms with Crippen LogP contribution in [0.1, 0.15) is 41.9 Å². The monoisotopic (exact) mass is 423 g/mol. The van der Waals surface area contributed by atoms with E-state index in [0.717, 1.165) is 35.2 Å². The van der Waals surface area contributed by atoms with Crippen molar-refractivity contribution in [1.82, 2.24) is 15.1 Å². The van der Waals surface area contributed by atoms with Crippen LogP contribution in [0.15, 0.2) is 38.4 Å². The minimum absolute atomic E-state index is 0.131. The number of rotatable bonds is 8. The Morgan fingerprint density at radius 1 is 1.28 bits per heavy atom. The van der Waals surface area contributed by atoms with Gasteiger partial charge in [0, 0.05) is 35.2 Å². The molecule has 1 aliphatic heterocycles. The zero-order chi connectivity index (χ0) is 17.6. The van der Waals surface area contributed by atoms with Crippen LogP contribution in [0.3, 0.4) is 0 Å². The van der Waals surface area contributed by atoms with Crippen LogP contribution in [0.25, 0.3) is 0 Å². The first-order valence-corrected chi connectivity index (χ1v) is 9.91. The number of hydrogen-bond donors (Lipinski definition) is 0. The second-order valence-electron chi connectivity index (χ2n) is 5.76. The molecule has 0 spiro atoms. The highest BCUT2D eigenvalue weighted by molar-refractivity contribution is 9.10. The second kappa shape index (κ2) is 8.62. The molecule has 1 aliphatic rings. The predicted octanol–water partition coefficient (Wildman–Crippen LogP) is 3.71. The molecule has 0 atom stereocenters. The van der Waals surface area contributed by atoms with E-state index in [0.29, 0.717) is 30.5 Å². The number of likely N-dealkylation sites (tertiary alicyclic amines) is 1. The number of hydrogen-bond acceptors (Lipinski definition) is 6. The van der Waals surface area contributed by atoms with E-state index in [1.165, 1.54) is 11.8 Å². The first kappa shape index (κ1) is 18.1. The molecule has 1 saturated heterocycles. The van der Waals surface area contributed by atoms with Gasteiger partial charge in [0.1, 0.15) is 0 Å². The molecule has 1 aromatic heterocycles. The van der Waals surface area contributed by atoms with Crippen molar-refractivity contribution < 1.29 is 14.0 Å². The first-order chi connectivity index (χ1) is 12.1. The van der Waals surface area contributed by atoms with Crippen molar-refractivity contribution in [2.24, 2.45) is 0 Å². The smallest absolute Gasteiger partial charge is 0.276 e. The van der Waals surface area contributed by atoms with Crippen molar-refractivity contribution in [3.05, 3.63) is 40.2 Å². The van der Waals surface area contributed by atoms with Crippen molar-refractivity contribution in [3.63, 3.8) is 0 Å². The standard InChI is InChI=1S/C17H18BrN3O3S/c18-13-7-5-12(6-8-13)14(22)3-2-10-25-17-20-19-15(24-17)11-21-9-1-4-16(21)23/h5-8H,1-4,9-11H2. The van der Waals surface area contributed by atoms with Crippen LogP contribution in [0, 0.1) is 0 Å². The molecule has 1 fully saturated rings. The number of aromatic nitrogens is 2. The topological polar surface area (TPSA) is 76.3 Å². The molecule has 3 rings (SSSR count). The van der Waals surface area contributed by atoms with Gasteiger partial charge < -0.3 is 9.32 Å². The number of ketones is 1. The molecule has 2 heterocycles.